The number of aliphatic hydroxyl groups excluding tert-OH is 6. The molecule has 0 radical (unpaired) electrons. The molecule has 31 heteroatoms. The lowest BCUT2D eigenvalue weighted by Gasteiger charge is -2.23. The van der Waals surface area contributed by atoms with Crippen molar-refractivity contribution < 1.29 is 68.7 Å². The summed E-state index contributed by atoms with van der Waals surface area (Å²) in [5.74, 6) is -1.57. The van der Waals surface area contributed by atoms with Crippen molar-refractivity contribution in [3.8, 4) is 5.75 Å². The van der Waals surface area contributed by atoms with Gasteiger partial charge in [0.05, 0.1) is 92.3 Å². The maximum atomic E-state index is 12.6. The Kier molecular flexibility index (Phi) is 20.0. The van der Waals surface area contributed by atoms with Crippen molar-refractivity contribution in [3.63, 3.8) is 0 Å². The van der Waals surface area contributed by atoms with Gasteiger partial charge in [-0.2, -0.15) is 0 Å². The molecule has 0 aliphatic carbocycles. The summed E-state index contributed by atoms with van der Waals surface area (Å²) in [6.07, 6.45) is 1.40. The third-order valence-corrected chi connectivity index (χ3v) is 14.5. The summed E-state index contributed by atoms with van der Waals surface area (Å²) in [7, 11) is 0. The highest BCUT2D eigenvalue weighted by atomic mass is 19.1. The lowest BCUT2D eigenvalue weighted by atomic mass is 10.0. The zero-order valence-electron chi connectivity index (χ0n) is 44.9. The number of anilines is 3. The first-order chi connectivity index (χ1) is 39.9. The van der Waals surface area contributed by atoms with E-state index in [1.165, 1.54) is 51.1 Å². The van der Waals surface area contributed by atoms with Gasteiger partial charge in [0.2, 0.25) is 17.7 Å². The Morgan fingerprint density at radius 1 is 0.602 bits per heavy atom. The van der Waals surface area contributed by atoms with Crippen LogP contribution < -0.4 is 50.4 Å². The number of hydrogen-bond donors (Lipinski definition) is 16. The van der Waals surface area contributed by atoms with E-state index >= 15 is 0 Å². The number of aromatic nitrogens is 8. The van der Waals surface area contributed by atoms with Crippen molar-refractivity contribution in [2.24, 2.45) is 17.2 Å². The molecule has 10 rings (SSSR count). The molecule has 1 aromatic carbocycles. The molecule has 15 atom stereocenters. The first-order valence-corrected chi connectivity index (χ1v) is 26.6. The van der Waals surface area contributed by atoms with Gasteiger partial charge in [-0.25, -0.2) is 24.9 Å². The number of ether oxygens (including phenoxy) is 3. The van der Waals surface area contributed by atoms with Gasteiger partial charge < -0.3 is 100 Å². The summed E-state index contributed by atoms with van der Waals surface area (Å²) in [6.45, 7) is 0.0981. The minimum Gasteiger partial charge on any atom is -0.506 e. The maximum absolute atomic E-state index is 12.6. The summed E-state index contributed by atoms with van der Waals surface area (Å²) in [6, 6.07) is 8.47. The molecule has 6 unspecified atom stereocenters. The van der Waals surface area contributed by atoms with Crippen LogP contribution in [-0.2, 0) is 28.6 Å². The van der Waals surface area contributed by atoms with E-state index in [4.69, 9.17) is 48.6 Å². The summed E-state index contributed by atoms with van der Waals surface area (Å²) in [4.78, 5) is 58.1. The molecule has 3 amide bonds. The Labute approximate surface area is 472 Å². The lowest BCUT2D eigenvalue weighted by molar-refractivity contribution is -0.125. The van der Waals surface area contributed by atoms with Gasteiger partial charge in [-0.15, -0.1) is 0 Å². The standard InChI is InChI=1S/C19H22N6O4.C17H25N5O5.C16H23FN6O4/c20-11-6-7-22-17-14(11)23-9-25(17)19-16(27)15(12(8-26)29-19)24-18(28)13(21)10-4-2-1-3-5-10;1-2-3-9(19)16(26)21-13-11(7-23)27-17(14(13)25)22-6-10(24)12-8(18)4-5-20-15(12)22;17-4-1-2-9(19)15(26)22-12-10(6-24)27-16(13(12)25)23-7-21-11-8(18)3-5-20-14(11)23/h1-7,9,12-13,15-16,19,26-27H,8,21H2,(H2,20,22)(H,24,28);4-6,9,11,13-14,17,23-25H,2-3,7,19H2,1H3,(H2,18,20)(H,21,26);3,5,7,9-10,12-13,16,24-25H,1-2,4,6,19H2,(H2,18,20)(H,22,26)/t12-,13?,15?,16+,19-;9?,11-,13?,14+,17-;9?,10-,12?,13+,16-/m111/s1. The number of pyridine rings is 3. The predicted molar refractivity (Wildman–Crippen MR) is 296 cm³/mol. The smallest absolute Gasteiger partial charge is 0.241 e. The van der Waals surface area contributed by atoms with Crippen LogP contribution in [0.15, 0.2) is 86.0 Å². The summed E-state index contributed by atoms with van der Waals surface area (Å²) in [5.41, 5.74) is 39.2. The van der Waals surface area contributed by atoms with E-state index in [0.717, 1.165) is 6.42 Å². The molecule has 22 N–H and O–H groups in total. The largest absolute Gasteiger partial charge is 0.506 e. The lowest BCUT2D eigenvalue weighted by Crippen LogP contribution is -2.53. The normalized spacial score (nSPS) is 26.0. The molecule has 3 fully saturated rings. The van der Waals surface area contributed by atoms with Crippen LogP contribution in [-0.4, -0.2) is 185 Å². The first-order valence-electron chi connectivity index (χ1n) is 26.6. The number of alkyl halides is 1. The molecule has 30 nitrogen and oxygen atoms in total. The topological polar surface area (TPSA) is 492 Å². The number of fused-ring (bicyclic) bond motifs is 3. The Morgan fingerprint density at radius 2 is 1.02 bits per heavy atom. The second-order valence-electron chi connectivity index (χ2n) is 20.0. The van der Waals surface area contributed by atoms with Gasteiger partial charge in [-0.1, -0.05) is 43.7 Å². The number of nitrogens with one attached hydrogen (secondary N) is 3. The van der Waals surface area contributed by atoms with Crippen LogP contribution in [0.3, 0.4) is 0 Å². The van der Waals surface area contributed by atoms with Crippen molar-refractivity contribution in [1.82, 2.24) is 54.6 Å². The molecule has 6 aromatic heterocycles. The summed E-state index contributed by atoms with van der Waals surface area (Å²) >= 11 is 0. The molecule has 448 valence electrons. The average Bonchev–Trinajstić information content (AvgIpc) is 4.41. The number of benzene rings is 1. The second kappa shape index (κ2) is 27.1. The molecule has 0 saturated carbocycles. The number of halogens is 1. The van der Waals surface area contributed by atoms with E-state index in [1.807, 2.05) is 13.0 Å². The van der Waals surface area contributed by atoms with Crippen LogP contribution >= 0.6 is 0 Å². The van der Waals surface area contributed by atoms with Gasteiger partial charge >= 0.3 is 0 Å². The van der Waals surface area contributed by atoms with Gasteiger partial charge in [-0.05, 0) is 43.0 Å². The number of carbonyl (C=O) groups excluding carboxylic acids is 3. The molecule has 3 aliphatic rings. The Bertz CT molecular complexity index is 3320. The molecule has 3 aliphatic heterocycles. The van der Waals surface area contributed by atoms with Gasteiger partial charge in [0.25, 0.3) is 0 Å². The predicted octanol–water partition coefficient (Wildman–Crippen LogP) is -2.54. The first kappa shape index (κ1) is 61.3. The van der Waals surface area contributed by atoms with E-state index < -0.39 is 136 Å². The van der Waals surface area contributed by atoms with E-state index in [-0.39, 0.29) is 18.6 Å². The molecular weight excluding hydrogens is 1090 g/mol. The minimum absolute atomic E-state index is 0.107. The van der Waals surface area contributed by atoms with Crippen molar-refractivity contribution >= 4 is 68.1 Å². The SMILES string of the molecule is CCCC(N)C(=O)NC1[C@@H](CO)O[C@@H](n2cc(O)c3c(N)ccnc32)[C@H]1O.Nc1ccnc2c1ncn2[C@@H]1O[C@H](CO)C(NC(=O)C(N)CCCF)[C@@H]1O.Nc1ccnc2c1ncn2[C@@H]1O[C@H](CO)C(NC(=O)C(N)c2ccccc2)[C@@H]1O. The highest BCUT2D eigenvalue weighted by molar-refractivity contribution is 5.94. The highest BCUT2D eigenvalue weighted by Gasteiger charge is 2.49. The number of imidazole rings is 2. The molecular formula is C52H70FN17O13. The van der Waals surface area contributed by atoms with E-state index in [1.54, 1.807) is 42.5 Å². The molecule has 7 aromatic rings. The van der Waals surface area contributed by atoms with Gasteiger partial charge in [0.15, 0.2) is 30.0 Å². The van der Waals surface area contributed by atoms with Gasteiger partial charge in [0, 0.05) is 24.3 Å². The minimum atomic E-state index is -1.20. The summed E-state index contributed by atoms with van der Waals surface area (Å²) in [5, 5.41) is 79.7. The van der Waals surface area contributed by atoms with E-state index in [9.17, 15) is 54.5 Å². The fourth-order valence-electron chi connectivity index (χ4n) is 10.1. The molecule has 9 heterocycles. The quantitative estimate of drug-likeness (QED) is 0.0421. The van der Waals surface area contributed by atoms with E-state index in [2.05, 4.69) is 40.9 Å². The molecule has 83 heavy (non-hydrogen) atoms. The molecule has 0 bridgehead atoms. The van der Waals surface area contributed by atoms with Crippen LogP contribution in [0.1, 0.15) is 62.9 Å². The maximum Gasteiger partial charge on any atom is 0.241 e. The third-order valence-electron chi connectivity index (χ3n) is 14.5. The zero-order valence-corrected chi connectivity index (χ0v) is 44.9. The van der Waals surface area contributed by atoms with Crippen molar-refractivity contribution in [3.05, 3.63) is 91.5 Å². The number of nitrogens with zero attached hydrogens (tertiary/aromatic N) is 8. The fourth-order valence-corrected chi connectivity index (χ4v) is 10.1. The number of hydrogen-bond acceptors (Lipinski definition) is 24. The highest BCUT2D eigenvalue weighted by Crippen LogP contribution is 2.38. The Morgan fingerprint density at radius 3 is 1.47 bits per heavy atom. The fraction of sp³-hybridized carbons (Fsp3) is 0.462. The van der Waals surface area contributed by atoms with Crippen LogP contribution in [0.25, 0.3) is 33.4 Å². The number of aromatic hydroxyl groups is 1. The van der Waals surface area contributed by atoms with Crippen LogP contribution in [0.5, 0.6) is 5.75 Å². The number of nitrogens with two attached hydrogens (primary N) is 6. The number of carbonyl (C=O) groups is 3. The van der Waals surface area contributed by atoms with Crippen molar-refractivity contribution in [2.75, 3.05) is 43.7 Å². The van der Waals surface area contributed by atoms with Gasteiger partial charge in [-0.3, -0.25) is 32.5 Å². The van der Waals surface area contributed by atoms with Crippen LogP contribution in [0.4, 0.5) is 21.5 Å². The third kappa shape index (κ3) is 12.9. The number of rotatable bonds is 18. The Hall–Kier alpha value is -7.79. The summed E-state index contributed by atoms with van der Waals surface area (Å²) < 4.78 is 34.0. The molecule has 0 spiro atoms. The number of nitrogen functional groups attached to an aromatic ring is 3. The van der Waals surface area contributed by atoms with Crippen molar-refractivity contribution in [2.45, 2.75) is 124 Å². The van der Waals surface area contributed by atoms with Gasteiger partial charge in [0.1, 0.15) is 65.1 Å². The van der Waals surface area contributed by atoms with E-state index in [0.29, 0.717) is 62.4 Å². The van der Waals surface area contributed by atoms with Crippen LogP contribution in [0.2, 0.25) is 0 Å². The number of amides is 3. The monoisotopic (exact) mass is 1160 g/mol. The average molecular weight is 1160 g/mol. The second-order valence-corrected chi connectivity index (χ2v) is 20.0. The number of aliphatic hydroxyl groups is 6. The zero-order chi connectivity index (χ0) is 59.8. The molecule has 3 saturated heterocycles. The Balaban J connectivity index is 0.000000163. The van der Waals surface area contributed by atoms with Crippen LogP contribution in [0, 0.1) is 0 Å². The van der Waals surface area contributed by atoms with Crippen molar-refractivity contribution in [1.29, 1.82) is 0 Å².